The molecule has 0 saturated heterocycles. The normalized spacial score (nSPS) is 11.5. The van der Waals surface area contributed by atoms with Gasteiger partial charge < -0.3 is 5.11 Å². The molecular formula is C16H10F3N3O2. The lowest BCUT2D eigenvalue weighted by molar-refractivity contribution is -0.137. The number of pyridine rings is 1. The lowest BCUT2D eigenvalue weighted by atomic mass is 10.1. The highest BCUT2D eigenvalue weighted by Gasteiger charge is 2.35. The zero-order valence-corrected chi connectivity index (χ0v) is 12.0. The SMILES string of the molecule is O=C(O)c1cc(-c2ccncc2)nn1-c1ccccc1C(F)(F)F. The molecule has 24 heavy (non-hydrogen) atoms. The second-order valence-corrected chi connectivity index (χ2v) is 4.88. The minimum atomic E-state index is -4.63. The summed E-state index contributed by atoms with van der Waals surface area (Å²) in [5.74, 6) is -1.38. The summed E-state index contributed by atoms with van der Waals surface area (Å²) >= 11 is 0. The first-order valence-corrected chi connectivity index (χ1v) is 6.78. The van der Waals surface area contributed by atoms with Gasteiger partial charge in [0.25, 0.3) is 0 Å². The molecule has 0 aliphatic carbocycles. The Labute approximate surface area is 134 Å². The van der Waals surface area contributed by atoms with E-state index in [-0.39, 0.29) is 17.1 Å². The number of alkyl halides is 3. The van der Waals surface area contributed by atoms with Crippen LogP contribution in [-0.2, 0) is 6.18 Å². The number of carboxylic acid groups (broad SMARTS) is 1. The van der Waals surface area contributed by atoms with Crippen molar-refractivity contribution in [1.82, 2.24) is 14.8 Å². The van der Waals surface area contributed by atoms with Crippen LogP contribution in [0.15, 0.2) is 54.9 Å². The first kappa shape index (κ1) is 15.7. The number of hydrogen-bond donors (Lipinski definition) is 1. The average molecular weight is 333 g/mol. The zero-order chi connectivity index (χ0) is 17.3. The maximum atomic E-state index is 13.2. The van der Waals surface area contributed by atoms with Gasteiger partial charge in [-0.1, -0.05) is 12.1 Å². The van der Waals surface area contributed by atoms with Gasteiger partial charge in [-0.15, -0.1) is 0 Å². The molecule has 5 nitrogen and oxygen atoms in total. The molecule has 122 valence electrons. The zero-order valence-electron chi connectivity index (χ0n) is 12.0. The fraction of sp³-hybridized carbons (Fsp3) is 0.0625. The Morgan fingerprint density at radius 1 is 1.08 bits per heavy atom. The highest BCUT2D eigenvalue weighted by molar-refractivity contribution is 5.88. The van der Waals surface area contributed by atoms with E-state index in [1.54, 1.807) is 12.1 Å². The van der Waals surface area contributed by atoms with E-state index in [0.717, 1.165) is 10.7 Å². The fourth-order valence-corrected chi connectivity index (χ4v) is 2.28. The fourth-order valence-electron chi connectivity index (χ4n) is 2.28. The Morgan fingerprint density at radius 3 is 2.38 bits per heavy atom. The standard InChI is InChI=1S/C16H10F3N3O2/c17-16(18,19)11-3-1-2-4-13(11)22-14(15(23)24)9-12(21-22)10-5-7-20-8-6-10/h1-9H,(H,23,24). The number of carboxylic acids is 1. The first-order chi connectivity index (χ1) is 11.4. The lowest BCUT2D eigenvalue weighted by Gasteiger charge is -2.13. The summed E-state index contributed by atoms with van der Waals surface area (Å²) in [5.41, 5.74) is -0.874. The number of aromatic nitrogens is 3. The molecule has 8 heteroatoms. The van der Waals surface area contributed by atoms with E-state index in [4.69, 9.17) is 0 Å². The molecule has 0 amide bonds. The molecule has 2 heterocycles. The van der Waals surface area contributed by atoms with Crippen LogP contribution in [0, 0.1) is 0 Å². The van der Waals surface area contributed by atoms with E-state index in [9.17, 15) is 23.1 Å². The largest absolute Gasteiger partial charge is 0.477 e. The second-order valence-electron chi connectivity index (χ2n) is 4.88. The van der Waals surface area contributed by atoms with Gasteiger partial charge >= 0.3 is 12.1 Å². The summed E-state index contributed by atoms with van der Waals surface area (Å²) in [7, 11) is 0. The van der Waals surface area contributed by atoms with E-state index >= 15 is 0 Å². The van der Waals surface area contributed by atoms with Crippen LogP contribution < -0.4 is 0 Å². The van der Waals surface area contributed by atoms with Gasteiger partial charge in [0.15, 0.2) is 5.69 Å². The molecule has 0 saturated carbocycles. The highest BCUT2D eigenvalue weighted by atomic mass is 19.4. The molecular weight excluding hydrogens is 323 g/mol. The van der Waals surface area contributed by atoms with Gasteiger partial charge in [0, 0.05) is 18.0 Å². The van der Waals surface area contributed by atoms with Crippen molar-refractivity contribution in [3.63, 3.8) is 0 Å². The minimum absolute atomic E-state index is 0.242. The van der Waals surface area contributed by atoms with Crippen molar-refractivity contribution in [2.24, 2.45) is 0 Å². The number of rotatable bonds is 3. The molecule has 0 aliphatic rings. The van der Waals surface area contributed by atoms with Gasteiger partial charge in [-0.25, -0.2) is 9.48 Å². The van der Waals surface area contributed by atoms with Crippen molar-refractivity contribution in [2.45, 2.75) is 6.18 Å². The summed E-state index contributed by atoms with van der Waals surface area (Å²) < 4.78 is 40.4. The molecule has 3 rings (SSSR count). The molecule has 0 unspecified atom stereocenters. The van der Waals surface area contributed by atoms with Crippen LogP contribution in [-0.4, -0.2) is 25.8 Å². The Hall–Kier alpha value is -3.16. The second kappa shape index (κ2) is 5.80. The summed E-state index contributed by atoms with van der Waals surface area (Å²) in [6, 6.07) is 9.10. The number of hydrogen-bond acceptors (Lipinski definition) is 3. The Bertz CT molecular complexity index is 889. The Morgan fingerprint density at radius 2 is 1.75 bits per heavy atom. The van der Waals surface area contributed by atoms with E-state index in [1.807, 2.05) is 0 Å². The number of nitrogens with zero attached hydrogens (tertiary/aromatic N) is 3. The lowest BCUT2D eigenvalue weighted by Crippen LogP contribution is -2.14. The number of carbonyl (C=O) groups is 1. The van der Waals surface area contributed by atoms with Gasteiger partial charge in [0.2, 0.25) is 0 Å². The van der Waals surface area contributed by atoms with E-state index in [0.29, 0.717) is 5.56 Å². The molecule has 1 aromatic carbocycles. The van der Waals surface area contributed by atoms with Gasteiger partial charge in [-0.3, -0.25) is 4.98 Å². The molecule has 0 fully saturated rings. The minimum Gasteiger partial charge on any atom is -0.477 e. The van der Waals surface area contributed by atoms with Crippen molar-refractivity contribution >= 4 is 5.97 Å². The Kier molecular flexibility index (Phi) is 3.80. The third-order valence-corrected chi connectivity index (χ3v) is 3.34. The average Bonchev–Trinajstić information content (AvgIpc) is 3.00. The van der Waals surface area contributed by atoms with E-state index in [2.05, 4.69) is 10.1 Å². The van der Waals surface area contributed by atoms with Gasteiger partial charge in [-0.05, 0) is 30.3 Å². The molecule has 3 aromatic rings. The third-order valence-electron chi connectivity index (χ3n) is 3.34. The van der Waals surface area contributed by atoms with E-state index < -0.39 is 17.7 Å². The maximum absolute atomic E-state index is 13.2. The predicted octanol–water partition coefficient (Wildman–Crippen LogP) is 3.65. The first-order valence-electron chi connectivity index (χ1n) is 6.78. The van der Waals surface area contributed by atoms with Crippen molar-refractivity contribution in [3.8, 4) is 16.9 Å². The molecule has 0 bridgehead atoms. The van der Waals surface area contributed by atoms with Crippen LogP contribution in [0.3, 0.4) is 0 Å². The monoisotopic (exact) mass is 333 g/mol. The van der Waals surface area contributed by atoms with Gasteiger partial charge in [0.05, 0.1) is 16.9 Å². The molecule has 2 aromatic heterocycles. The maximum Gasteiger partial charge on any atom is 0.418 e. The molecule has 0 atom stereocenters. The topological polar surface area (TPSA) is 68.0 Å². The molecule has 1 N–H and O–H groups in total. The van der Waals surface area contributed by atoms with Crippen LogP contribution in [0.4, 0.5) is 13.2 Å². The molecule has 0 spiro atoms. The highest BCUT2D eigenvalue weighted by Crippen LogP contribution is 2.34. The van der Waals surface area contributed by atoms with Crippen molar-refractivity contribution < 1.29 is 23.1 Å². The number of para-hydroxylation sites is 1. The molecule has 0 radical (unpaired) electrons. The number of benzene rings is 1. The summed E-state index contributed by atoms with van der Waals surface area (Å²) in [6.07, 6.45) is -1.66. The van der Waals surface area contributed by atoms with Crippen molar-refractivity contribution in [3.05, 3.63) is 66.1 Å². The Balaban J connectivity index is 2.22. The summed E-state index contributed by atoms with van der Waals surface area (Å²) in [5, 5.41) is 13.4. The predicted molar refractivity (Wildman–Crippen MR) is 78.8 cm³/mol. The van der Waals surface area contributed by atoms with Crippen molar-refractivity contribution in [2.75, 3.05) is 0 Å². The quantitative estimate of drug-likeness (QED) is 0.794. The summed E-state index contributed by atoms with van der Waals surface area (Å²) in [4.78, 5) is 15.3. The van der Waals surface area contributed by atoms with Crippen LogP contribution in [0.25, 0.3) is 16.9 Å². The van der Waals surface area contributed by atoms with Gasteiger partial charge in [-0.2, -0.15) is 18.3 Å². The summed E-state index contributed by atoms with van der Waals surface area (Å²) in [6.45, 7) is 0. The smallest absolute Gasteiger partial charge is 0.418 e. The molecule has 0 aliphatic heterocycles. The van der Waals surface area contributed by atoms with Crippen LogP contribution in [0.5, 0.6) is 0 Å². The van der Waals surface area contributed by atoms with Crippen LogP contribution >= 0.6 is 0 Å². The third kappa shape index (κ3) is 2.85. The van der Waals surface area contributed by atoms with Crippen LogP contribution in [0.1, 0.15) is 16.1 Å². The van der Waals surface area contributed by atoms with Crippen LogP contribution in [0.2, 0.25) is 0 Å². The number of halogens is 3. The number of aromatic carboxylic acids is 1. The van der Waals surface area contributed by atoms with E-state index in [1.165, 1.54) is 36.7 Å². The van der Waals surface area contributed by atoms with Crippen molar-refractivity contribution in [1.29, 1.82) is 0 Å². The van der Waals surface area contributed by atoms with Gasteiger partial charge in [0.1, 0.15) is 0 Å².